The SMILES string of the molecule is CCCc1c(C(=O)OCC)c(=O)c2ccccc2n1C. The molecule has 2 rings (SSSR count). The van der Waals surface area contributed by atoms with E-state index in [0.29, 0.717) is 11.8 Å². The van der Waals surface area contributed by atoms with Crippen molar-refractivity contribution in [2.75, 3.05) is 6.61 Å². The molecule has 0 spiro atoms. The molecule has 0 radical (unpaired) electrons. The second-order valence-corrected chi connectivity index (χ2v) is 4.70. The Hall–Kier alpha value is -2.10. The van der Waals surface area contributed by atoms with Gasteiger partial charge in [0.25, 0.3) is 0 Å². The molecule has 1 aromatic heterocycles. The lowest BCUT2D eigenvalue weighted by Crippen LogP contribution is -2.24. The average Bonchev–Trinajstić information content (AvgIpc) is 2.45. The van der Waals surface area contributed by atoms with Crippen LogP contribution in [-0.2, 0) is 18.2 Å². The molecule has 0 aliphatic heterocycles. The summed E-state index contributed by atoms with van der Waals surface area (Å²) >= 11 is 0. The molecule has 106 valence electrons. The molecule has 0 bridgehead atoms. The Morgan fingerprint density at radius 3 is 2.60 bits per heavy atom. The van der Waals surface area contributed by atoms with Crippen LogP contribution in [0.5, 0.6) is 0 Å². The highest BCUT2D eigenvalue weighted by molar-refractivity contribution is 5.95. The molecule has 0 unspecified atom stereocenters. The predicted octanol–water partition coefficient (Wildman–Crippen LogP) is 2.67. The zero-order chi connectivity index (χ0) is 14.7. The summed E-state index contributed by atoms with van der Waals surface area (Å²) in [7, 11) is 1.88. The number of hydrogen-bond acceptors (Lipinski definition) is 3. The van der Waals surface area contributed by atoms with Crippen molar-refractivity contribution in [2.24, 2.45) is 7.05 Å². The van der Waals surface area contributed by atoms with Gasteiger partial charge in [-0.3, -0.25) is 4.79 Å². The van der Waals surface area contributed by atoms with Gasteiger partial charge >= 0.3 is 5.97 Å². The van der Waals surface area contributed by atoms with Crippen LogP contribution in [0.15, 0.2) is 29.1 Å². The van der Waals surface area contributed by atoms with Crippen LogP contribution in [0.4, 0.5) is 0 Å². The molecule has 1 aromatic carbocycles. The minimum Gasteiger partial charge on any atom is -0.462 e. The number of nitrogens with zero attached hydrogens (tertiary/aromatic N) is 1. The third-order valence-corrected chi connectivity index (χ3v) is 3.40. The fraction of sp³-hybridized carbons (Fsp3) is 0.375. The number of ether oxygens (including phenoxy) is 1. The third-order valence-electron chi connectivity index (χ3n) is 3.40. The fourth-order valence-corrected chi connectivity index (χ4v) is 2.48. The highest BCUT2D eigenvalue weighted by atomic mass is 16.5. The Morgan fingerprint density at radius 2 is 1.95 bits per heavy atom. The van der Waals surface area contributed by atoms with E-state index in [1.54, 1.807) is 19.1 Å². The monoisotopic (exact) mass is 273 g/mol. The number of fused-ring (bicyclic) bond motifs is 1. The molecule has 0 aliphatic carbocycles. The van der Waals surface area contributed by atoms with Crippen molar-refractivity contribution < 1.29 is 9.53 Å². The van der Waals surface area contributed by atoms with Gasteiger partial charge in [-0.05, 0) is 25.5 Å². The number of pyridine rings is 1. The summed E-state index contributed by atoms with van der Waals surface area (Å²) in [5.74, 6) is -0.526. The first-order valence-electron chi connectivity index (χ1n) is 6.89. The van der Waals surface area contributed by atoms with Crippen LogP contribution in [0.2, 0.25) is 0 Å². The van der Waals surface area contributed by atoms with Crippen LogP contribution in [0, 0.1) is 0 Å². The summed E-state index contributed by atoms with van der Waals surface area (Å²) in [5.41, 5.74) is 1.53. The highest BCUT2D eigenvalue weighted by Crippen LogP contribution is 2.17. The van der Waals surface area contributed by atoms with Gasteiger partial charge in [0.15, 0.2) is 0 Å². The van der Waals surface area contributed by atoms with Crippen LogP contribution in [0.3, 0.4) is 0 Å². The number of aryl methyl sites for hydroxylation is 1. The van der Waals surface area contributed by atoms with Crippen molar-refractivity contribution >= 4 is 16.9 Å². The van der Waals surface area contributed by atoms with Gasteiger partial charge < -0.3 is 9.30 Å². The third kappa shape index (κ3) is 2.33. The molecule has 0 saturated heterocycles. The predicted molar refractivity (Wildman–Crippen MR) is 79.1 cm³/mol. The molecule has 0 atom stereocenters. The van der Waals surface area contributed by atoms with E-state index >= 15 is 0 Å². The normalized spacial score (nSPS) is 10.8. The summed E-state index contributed by atoms with van der Waals surface area (Å²) in [5, 5.41) is 0.554. The Kier molecular flexibility index (Phi) is 4.23. The minimum atomic E-state index is -0.526. The molecule has 0 N–H and O–H groups in total. The van der Waals surface area contributed by atoms with Gasteiger partial charge in [0.2, 0.25) is 5.43 Å². The maximum Gasteiger partial charge on any atom is 0.343 e. The lowest BCUT2D eigenvalue weighted by Gasteiger charge is -2.16. The molecule has 4 nitrogen and oxygen atoms in total. The molecule has 0 amide bonds. The van der Waals surface area contributed by atoms with Crippen molar-refractivity contribution in [3.05, 3.63) is 45.7 Å². The van der Waals surface area contributed by atoms with Gasteiger partial charge in [0, 0.05) is 18.1 Å². The Labute approximate surface area is 118 Å². The molecule has 0 saturated carbocycles. The molecule has 0 aliphatic rings. The van der Waals surface area contributed by atoms with Gasteiger partial charge in [-0.25, -0.2) is 4.79 Å². The highest BCUT2D eigenvalue weighted by Gasteiger charge is 2.21. The van der Waals surface area contributed by atoms with Crippen LogP contribution >= 0.6 is 0 Å². The second-order valence-electron chi connectivity index (χ2n) is 4.70. The molecule has 0 fully saturated rings. The van der Waals surface area contributed by atoms with E-state index in [0.717, 1.165) is 17.6 Å². The standard InChI is InChI=1S/C16H19NO3/c1-4-8-13-14(16(19)20-5-2)15(18)11-9-6-7-10-12(11)17(13)3/h6-7,9-10H,4-5,8H2,1-3H3. The first-order valence-corrected chi connectivity index (χ1v) is 6.89. The summed E-state index contributed by atoms with van der Waals surface area (Å²) in [6.07, 6.45) is 1.53. The van der Waals surface area contributed by atoms with Crippen molar-refractivity contribution in [1.82, 2.24) is 4.57 Å². The number of carbonyl (C=O) groups excluding carboxylic acids is 1. The molecule has 2 aromatic rings. The second kappa shape index (κ2) is 5.90. The molecule has 20 heavy (non-hydrogen) atoms. The minimum absolute atomic E-state index is 0.176. The fourth-order valence-electron chi connectivity index (χ4n) is 2.48. The van der Waals surface area contributed by atoms with Gasteiger partial charge in [-0.15, -0.1) is 0 Å². The first-order chi connectivity index (χ1) is 9.61. The van der Waals surface area contributed by atoms with E-state index in [1.807, 2.05) is 30.7 Å². The zero-order valence-corrected chi connectivity index (χ0v) is 12.1. The van der Waals surface area contributed by atoms with Crippen LogP contribution in [0.1, 0.15) is 36.3 Å². The summed E-state index contributed by atoms with van der Waals surface area (Å²) in [6, 6.07) is 7.33. The maximum absolute atomic E-state index is 12.6. The number of carbonyl (C=O) groups is 1. The van der Waals surface area contributed by atoms with Crippen molar-refractivity contribution in [3.63, 3.8) is 0 Å². The first kappa shape index (κ1) is 14.3. The van der Waals surface area contributed by atoms with Crippen molar-refractivity contribution in [2.45, 2.75) is 26.7 Å². The Bertz CT molecular complexity index is 701. The van der Waals surface area contributed by atoms with Crippen LogP contribution < -0.4 is 5.43 Å². The van der Waals surface area contributed by atoms with Crippen molar-refractivity contribution in [3.8, 4) is 0 Å². The number of benzene rings is 1. The van der Waals surface area contributed by atoms with E-state index in [9.17, 15) is 9.59 Å². The Morgan fingerprint density at radius 1 is 1.25 bits per heavy atom. The van der Waals surface area contributed by atoms with Gasteiger partial charge in [0.1, 0.15) is 5.56 Å². The van der Waals surface area contributed by atoms with E-state index < -0.39 is 5.97 Å². The quantitative estimate of drug-likeness (QED) is 0.805. The molecule has 1 heterocycles. The van der Waals surface area contributed by atoms with E-state index in [2.05, 4.69) is 0 Å². The van der Waals surface area contributed by atoms with E-state index in [1.165, 1.54) is 0 Å². The van der Waals surface area contributed by atoms with E-state index in [-0.39, 0.29) is 17.6 Å². The number of para-hydroxylation sites is 1. The number of rotatable bonds is 4. The number of aromatic nitrogens is 1. The topological polar surface area (TPSA) is 48.3 Å². The lowest BCUT2D eigenvalue weighted by atomic mass is 10.0. The average molecular weight is 273 g/mol. The smallest absolute Gasteiger partial charge is 0.343 e. The molecular weight excluding hydrogens is 254 g/mol. The Balaban J connectivity index is 2.82. The zero-order valence-electron chi connectivity index (χ0n) is 12.1. The lowest BCUT2D eigenvalue weighted by molar-refractivity contribution is 0.0522. The molecule has 4 heteroatoms. The van der Waals surface area contributed by atoms with E-state index in [4.69, 9.17) is 4.74 Å². The number of esters is 1. The summed E-state index contributed by atoms with van der Waals surface area (Å²) in [4.78, 5) is 24.7. The summed E-state index contributed by atoms with van der Waals surface area (Å²) in [6.45, 7) is 4.03. The van der Waals surface area contributed by atoms with Crippen molar-refractivity contribution in [1.29, 1.82) is 0 Å². The maximum atomic E-state index is 12.6. The largest absolute Gasteiger partial charge is 0.462 e. The number of hydrogen-bond donors (Lipinski definition) is 0. The van der Waals surface area contributed by atoms with Gasteiger partial charge in [-0.2, -0.15) is 0 Å². The van der Waals surface area contributed by atoms with Gasteiger partial charge in [0.05, 0.1) is 12.1 Å². The van der Waals surface area contributed by atoms with Crippen LogP contribution in [0.25, 0.3) is 10.9 Å². The van der Waals surface area contributed by atoms with Gasteiger partial charge in [-0.1, -0.05) is 25.5 Å². The molecular formula is C16H19NO3. The van der Waals surface area contributed by atoms with Crippen LogP contribution in [-0.4, -0.2) is 17.1 Å². The summed E-state index contributed by atoms with van der Waals surface area (Å²) < 4.78 is 6.97.